The van der Waals surface area contributed by atoms with E-state index >= 15 is 0 Å². The van der Waals surface area contributed by atoms with Crippen LogP contribution in [0.1, 0.15) is 33.1 Å². The van der Waals surface area contributed by atoms with Crippen molar-refractivity contribution in [3.05, 3.63) is 0 Å². The van der Waals surface area contributed by atoms with E-state index in [-0.39, 0.29) is 31.8 Å². The van der Waals surface area contributed by atoms with E-state index < -0.39 is 41.8 Å². The van der Waals surface area contributed by atoms with Gasteiger partial charge in [-0.05, 0) is 33.1 Å². The topological polar surface area (TPSA) is 41.6 Å². The lowest BCUT2D eigenvalue weighted by molar-refractivity contribution is -0.337. The molecule has 3 saturated carbocycles. The van der Waals surface area contributed by atoms with Gasteiger partial charge >= 0.3 is 12.3 Å². The van der Waals surface area contributed by atoms with Crippen LogP contribution in [-0.2, 0) is 4.74 Å². The lowest BCUT2D eigenvalue weighted by atomic mass is 9.39. The number of rotatable bonds is 3. The Hall–Kier alpha value is -1.12. The molecule has 0 aromatic rings. The van der Waals surface area contributed by atoms with Crippen LogP contribution in [0.3, 0.4) is 0 Å². The summed E-state index contributed by atoms with van der Waals surface area (Å²) in [5, 5.41) is 2.35. The van der Waals surface area contributed by atoms with Gasteiger partial charge in [-0.2, -0.15) is 13.2 Å². The normalized spacial score (nSPS) is 38.9. The molecule has 1 heterocycles. The number of halogens is 5. The number of nitrogens with one attached hydrogen (secondary N) is 1. The molecule has 9 heteroatoms. The second kappa shape index (κ2) is 4.70. The lowest BCUT2D eigenvalue weighted by Crippen LogP contribution is -2.78. The van der Waals surface area contributed by atoms with Crippen molar-refractivity contribution in [3.8, 4) is 0 Å². The van der Waals surface area contributed by atoms with Crippen LogP contribution in [0.25, 0.3) is 0 Å². The van der Waals surface area contributed by atoms with Crippen LogP contribution in [0, 0.1) is 5.41 Å². The molecular formula is C14H19F5N2O2. The first kappa shape index (κ1) is 16.7. The average molecular weight is 342 g/mol. The largest absolute Gasteiger partial charge is 0.438 e. The van der Waals surface area contributed by atoms with E-state index in [0.29, 0.717) is 0 Å². The predicted molar refractivity (Wildman–Crippen MR) is 70.1 cm³/mol. The number of likely N-dealkylation sites (tertiary alicyclic amines) is 1. The molecule has 0 aromatic carbocycles. The van der Waals surface area contributed by atoms with Gasteiger partial charge in [-0.3, -0.25) is 4.90 Å². The number of alkyl carbamates (subject to hydrolysis) is 1. The van der Waals surface area contributed by atoms with E-state index in [9.17, 15) is 26.7 Å². The highest BCUT2D eigenvalue weighted by atomic mass is 19.4. The Morgan fingerprint density at radius 3 is 2.26 bits per heavy atom. The molecule has 1 atom stereocenters. The Morgan fingerprint density at radius 1 is 1.26 bits per heavy atom. The minimum absolute atomic E-state index is 0.0857. The van der Waals surface area contributed by atoms with Crippen LogP contribution in [-0.4, -0.2) is 53.9 Å². The van der Waals surface area contributed by atoms with Crippen LogP contribution < -0.4 is 5.32 Å². The van der Waals surface area contributed by atoms with Crippen molar-refractivity contribution in [2.24, 2.45) is 5.41 Å². The van der Waals surface area contributed by atoms with Crippen LogP contribution in [0.2, 0.25) is 0 Å². The van der Waals surface area contributed by atoms with Crippen LogP contribution in [0.5, 0.6) is 0 Å². The molecule has 0 spiro atoms. The molecule has 23 heavy (non-hydrogen) atoms. The molecule has 4 fully saturated rings. The predicted octanol–water partition coefficient (Wildman–Crippen LogP) is 2.93. The van der Waals surface area contributed by atoms with Gasteiger partial charge in [-0.1, -0.05) is 0 Å². The van der Waals surface area contributed by atoms with E-state index in [1.54, 1.807) is 13.8 Å². The van der Waals surface area contributed by atoms with Crippen molar-refractivity contribution < 1.29 is 31.5 Å². The summed E-state index contributed by atoms with van der Waals surface area (Å²) in [6, 6.07) is -0.109. The molecule has 3 aliphatic carbocycles. The zero-order valence-electron chi connectivity index (χ0n) is 12.8. The zero-order valence-corrected chi connectivity index (χ0v) is 12.8. The Labute approximate surface area is 130 Å². The smallest absolute Gasteiger partial charge is 0.408 e. The highest BCUT2D eigenvalue weighted by Gasteiger charge is 2.79. The number of nitrogens with zero attached hydrogens (tertiary/aromatic N) is 1. The lowest BCUT2D eigenvalue weighted by Gasteiger charge is -2.70. The third-order valence-electron chi connectivity index (χ3n) is 5.26. The fourth-order valence-corrected chi connectivity index (χ4v) is 3.90. The summed E-state index contributed by atoms with van der Waals surface area (Å²) in [6.45, 7) is 2.94. The number of carbonyl (C=O) groups is 1. The van der Waals surface area contributed by atoms with Gasteiger partial charge in [0, 0.05) is 18.1 Å². The van der Waals surface area contributed by atoms with E-state index in [1.807, 2.05) is 0 Å². The molecule has 0 aromatic heterocycles. The summed E-state index contributed by atoms with van der Waals surface area (Å²) < 4.78 is 70.7. The average Bonchev–Trinajstić information content (AvgIpc) is 2.56. The van der Waals surface area contributed by atoms with Crippen molar-refractivity contribution >= 4 is 6.09 Å². The van der Waals surface area contributed by atoms with Crippen LogP contribution >= 0.6 is 0 Å². The SMILES string of the molecule is CC(C)N1C[C@H](OC(=O)NC23CC(C(F)(F)F)(C2)C3)C(F)(F)C1. The van der Waals surface area contributed by atoms with Gasteiger partial charge in [-0.15, -0.1) is 0 Å². The van der Waals surface area contributed by atoms with Crippen LogP contribution in [0.15, 0.2) is 0 Å². The van der Waals surface area contributed by atoms with E-state index in [1.165, 1.54) is 4.90 Å². The maximum Gasteiger partial charge on any atom is 0.408 e. The molecule has 1 saturated heterocycles. The molecule has 1 amide bonds. The molecule has 0 unspecified atom stereocenters. The second-order valence-corrected chi connectivity index (χ2v) is 7.39. The van der Waals surface area contributed by atoms with E-state index in [4.69, 9.17) is 4.74 Å². The third-order valence-corrected chi connectivity index (χ3v) is 5.26. The molecule has 4 aliphatic rings. The van der Waals surface area contributed by atoms with Gasteiger partial charge in [0.15, 0.2) is 6.10 Å². The summed E-state index contributed by atoms with van der Waals surface area (Å²) in [6.07, 6.45) is -7.51. The summed E-state index contributed by atoms with van der Waals surface area (Å²) in [4.78, 5) is 13.3. The van der Waals surface area contributed by atoms with Crippen molar-refractivity contribution in [2.45, 2.75) is 62.9 Å². The first-order chi connectivity index (χ1) is 10.4. The van der Waals surface area contributed by atoms with Gasteiger partial charge in [0.1, 0.15) is 0 Å². The Bertz CT molecular complexity index is 500. The van der Waals surface area contributed by atoms with Gasteiger partial charge in [-0.25, -0.2) is 13.6 Å². The zero-order chi connectivity index (χ0) is 17.3. The molecule has 4 nitrogen and oxygen atoms in total. The first-order valence-electron chi connectivity index (χ1n) is 7.56. The van der Waals surface area contributed by atoms with Crippen molar-refractivity contribution in [1.29, 1.82) is 0 Å². The first-order valence-corrected chi connectivity index (χ1v) is 7.56. The molecule has 0 radical (unpaired) electrons. The second-order valence-electron chi connectivity index (χ2n) is 7.39. The maximum atomic E-state index is 13.8. The molecule has 132 valence electrons. The van der Waals surface area contributed by atoms with Crippen molar-refractivity contribution in [2.75, 3.05) is 13.1 Å². The Morgan fingerprint density at radius 2 is 1.83 bits per heavy atom. The number of hydrogen-bond acceptors (Lipinski definition) is 3. The molecule has 1 N–H and O–H groups in total. The van der Waals surface area contributed by atoms with Crippen molar-refractivity contribution in [1.82, 2.24) is 10.2 Å². The monoisotopic (exact) mass is 342 g/mol. The number of hydrogen-bond donors (Lipinski definition) is 1. The van der Waals surface area contributed by atoms with E-state index in [2.05, 4.69) is 5.32 Å². The molecular weight excluding hydrogens is 323 g/mol. The summed E-state index contributed by atoms with van der Waals surface area (Å²) in [5.74, 6) is -3.16. The van der Waals surface area contributed by atoms with Gasteiger partial charge < -0.3 is 10.1 Å². The van der Waals surface area contributed by atoms with Gasteiger partial charge in [0.2, 0.25) is 0 Å². The van der Waals surface area contributed by atoms with Crippen LogP contribution in [0.4, 0.5) is 26.7 Å². The maximum absolute atomic E-state index is 13.8. The van der Waals surface area contributed by atoms with Crippen molar-refractivity contribution in [3.63, 3.8) is 0 Å². The number of amides is 1. The highest BCUT2D eigenvalue weighted by molar-refractivity contribution is 5.70. The Balaban J connectivity index is 1.52. The minimum Gasteiger partial charge on any atom is -0.438 e. The van der Waals surface area contributed by atoms with E-state index in [0.717, 1.165) is 0 Å². The number of ether oxygens (including phenoxy) is 1. The fourth-order valence-electron chi connectivity index (χ4n) is 3.90. The number of carbonyl (C=O) groups excluding carboxylic acids is 1. The quantitative estimate of drug-likeness (QED) is 0.802. The standard InChI is InChI=1S/C14H19F5N2O2/c1-8(2)21-3-9(13(15,16)7-21)23-10(22)20-12-4-11(5-12,6-12)14(17,18)19/h8-9H,3-7H2,1-2H3,(H,20,22)/t9-,11?,12?/m0/s1. The highest BCUT2D eigenvalue weighted by Crippen LogP contribution is 2.73. The minimum atomic E-state index is -4.28. The molecule has 2 bridgehead atoms. The summed E-state index contributed by atoms with van der Waals surface area (Å²) in [7, 11) is 0. The Kier molecular flexibility index (Phi) is 3.42. The molecule has 4 rings (SSSR count). The summed E-state index contributed by atoms with van der Waals surface area (Å²) >= 11 is 0. The van der Waals surface area contributed by atoms with Gasteiger partial charge in [0.05, 0.1) is 12.0 Å². The third kappa shape index (κ3) is 2.56. The summed E-state index contributed by atoms with van der Waals surface area (Å²) in [5.41, 5.74) is -2.63. The fraction of sp³-hybridized carbons (Fsp3) is 0.929. The molecule has 1 aliphatic heterocycles. The van der Waals surface area contributed by atoms with Gasteiger partial charge in [0.25, 0.3) is 5.92 Å². The number of alkyl halides is 5.